The minimum Gasteiger partial charge on any atom is -0.379 e. The fraction of sp³-hybridized carbons (Fsp3) is 0.500. The van der Waals surface area contributed by atoms with Gasteiger partial charge < -0.3 is 4.74 Å². The van der Waals surface area contributed by atoms with Gasteiger partial charge in [0.05, 0.1) is 12.2 Å². The smallest absolute Gasteiger partial charge is 0.373 e. The Balaban J connectivity index is 2.16. The number of ether oxygens (including phenoxy) is 1. The molecule has 0 atom stereocenters. The van der Waals surface area contributed by atoms with E-state index < -0.39 is 5.97 Å². The van der Waals surface area contributed by atoms with Crippen molar-refractivity contribution in [2.45, 2.75) is 26.7 Å². The minimum absolute atomic E-state index is 0.251. The fourth-order valence-electron chi connectivity index (χ4n) is 1.38. The Bertz CT molecular complexity index is 363. The van der Waals surface area contributed by atoms with E-state index in [4.69, 9.17) is 14.5 Å². The Morgan fingerprint density at radius 3 is 2.67 bits per heavy atom. The average Bonchev–Trinajstić information content (AvgIpc) is 2.38. The van der Waals surface area contributed by atoms with Crippen LogP contribution in [0.5, 0.6) is 0 Å². The van der Waals surface area contributed by atoms with Crippen molar-refractivity contribution in [2.75, 3.05) is 19.8 Å². The van der Waals surface area contributed by atoms with E-state index in [9.17, 15) is 4.79 Å². The summed E-state index contributed by atoms with van der Waals surface area (Å²) in [5.74, 6) is -0.471. The predicted octanol–water partition coefficient (Wildman–Crippen LogP) is 2.90. The second-order valence-corrected chi connectivity index (χ2v) is 3.97. The summed E-state index contributed by atoms with van der Waals surface area (Å²) < 4.78 is 5.27. The maximum Gasteiger partial charge on any atom is 0.373 e. The summed E-state index contributed by atoms with van der Waals surface area (Å²) in [5.41, 5.74) is 1.38. The summed E-state index contributed by atoms with van der Waals surface area (Å²) >= 11 is 0. The minimum atomic E-state index is -0.471. The van der Waals surface area contributed by atoms with Crippen LogP contribution in [-0.2, 0) is 14.5 Å². The van der Waals surface area contributed by atoms with Crippen LogP contribution in [0.1, 0.15) is 35.7 Å². The Hall–Kier alpha value is -1.39. The molecule has 0 unspecified atom stereocenters. The highest BCUT2D eigenvalue weighted by molar-refractivity contribution is 5.90. The molecule has 1 aromatic rings. The maximum atomic E-state index is 11.6. The third kappa shape index (κ3) is 5.29. The molecular formula is C14H20O4. The molecule has 0 saturated carbocycles. The van der Waals surface area contributed by atoms with Gasteiger partial charge in [0.2, 0.25) is 0 Å². The molecule has 0 saturated heterocycles. The van der Waals surface area contributed by atoms with Crippen LogP contribution in [0.3, 0.4) is 0 Å². The number of benzene rings is 1. The summed E-state index contributed by atoms with van der Waals surface area (Å²) in [6, 6.07) is 7.22. The van der Waals surface area contributed by atoms with Gasteiger partial charge in [-0.2, -0.15) is 4.89 Å². The van der Waals surface area contributed by atoms with Crippen LogP contribution >= 0.6 is 0 Å². The molecular weight excluding hydrogens is 232 g/mol. The molecule has 0 aliphatic carbocycles. The molecule has 0 aliphatic heterocycles. The number of carbonyl (C=O) groups is 1. The van der Waals surface area contributed by atoms with E-state index >= 15 is 0 Å². The highest BCUT2D eigenvalue weighted by Gasteiger charge is 2.10. The number of rotatable bonds is 8. The normalized spacial score (nSPS) is 10.3. The van der Waals surface area contributed by atoms with Gasteiger partial charge in [0, 0.05) is 6.61 Å². The van der Waals surface area contributed by atoms with Gasteiger partial charge in [-0.1, -0.05) is 31.5 Å². The zero-order valence-electron chi connectivity index (χ0n) is 11.0. The fourth-order valence-corrected chi connectivity index (χ4v) is 1.38. The molecule has 0 heterocycles. The highest BCUT2D eigenvalue weighted by atomic mass is 17.2. The van der Waals surface area contributed by atoms with Crippen LogP contribution in [0.2, 0.25) is 0 Å². The summed E-state index contributed by atoms with van der Waals surface area (Å²) in [6.07, 6.45) is 2.13. The second kappa shape index (κ2) is 8.66. The lowest BCUT2D eigenvalue weighted by molar-refractivity contribution is -0.247. The van der Waals surface area contributed by atoms with Crippen LogP contribution in [0.4, 0.5) is 0 Å². The van der Waals surface area contributed by atoms with Gasteiger partial charge in [-0.3, -0.25) is 4.89 Å². The molecule has 4 heteroatoms. The lowest BCUT2D eigenvalue weighted by Gasteiger charge is -2.06. The quantitative estimate of drug-likeness (QED) is 0.405. The third-order valence-corrected chi connectivity index (χ3v) is 2.45. The monoisotopic (exact) mass is 252 g/mol. The predicted molar refractivity (Wildman–Crippen MR) is 68.3 cm³/mol. The van der Waals surface area contributed by atoms with Crippen LogP contribution in [0, 0.1) is 6.92 Å². The van der Waals surface area contributed by atoms with Gasteiger partial charge in [0.25, 0.3) is 0 Å². The van der Waals surface area contributed by atoms with Gasteiger partial charge in [-0.25, -0.2) is 4.79 Å². The van der Waals surface area contributed by atoms with Crippen LogP contribution < -0.4 is 0 Å². The summed E-state index contributed by atoms with van der Waals surface area (Å²) in [5, 5.41) is 0. The van der Waals surface area contributed by atoms with E-state index in [-0.39, 0.29) is 6.61 Å². The molecule has 100 valence electrons. The summed E-state index contributed by atoms with van der Waals surface area (Å²) in [6.45, 7) is 5.35. The first-order chi connectivity index (χ1) is 8.75. The number of unbranched alkanes of at least 4 members (excludes halogenated alkanes) is 1. The van der Waals surface area contributed by atoms with Crippen LogP contribution in [0.25, 0.3) is 0 Å². The first kappa shape index (κ1) is 14.7. The van der Waals surface area contributed by atoms with Crippen LogP contribution in [-0.4, -0.2) is 25.8 Å². The molecule has 4 nitrogen and oxygen atoms in total. The lowest BCUT2D eigenvalue weighted by Crippen LogP contribution is -2.11. The van der Waals surface area contributed by atoms with Crippen molar-refractivity contribution in [1.82, 2.24) is 0 Å². The Morgan fingerprint density at radius 2 is 1.94 bits per heavy atom. The van der Waals surface area contributed by atoms with E-state index in [1.54, 1.807) is 12.1 Å². The molecule has 0 aliphatic rings. The molecule has 18 heavy (non-hydrogen) atoms. The van der Waals surface area contributed by atoms with Crippen molar-refractivity contribution in [3.05, 3.63) is 35.4 Å². The average molecular weight is 252 g/mol. The Morgan fingerprint density at radius 1 is 1.17 bits per heavy atom. The topological polar surface area (TPSA) is 44.8 Å². The van der Waals surface area contributed by atoms with Crippen molar-refractivity contribution in [3.8, 4) is 0 Å². The summed E-state index contributed by atoms with van der Waals surface area (Å²) in [7, 11) is 0. The summed E-state index contributed by atoms with van der Waals surface area (Å²) in [4.78, 5) is 21.1. The van der Waals surface area contributed by atoms with E-state index in [1.165, 1.54) is 0 Å². The third-order valence-electron chi connectivity index (χ3n) is 2.45. The van der Waals surface area contributed by atoms with Gasteiger partial charge in [-0.05, 0) is 25.0 Å². The van der Waals surface area contributed by atoms with Gasteiger partial charge in [0.15, 0.2) is 0 Å². The molecule has 0 spiro atoms. The molecule has 0 radical (unpaired) electrons. The Kier molecular flexibility index (Phi) is 7.06. The molecule has 0 aromatic heterocycles. The maximum absolute atomic E-state index is 11.6. The zero-order valence-corrected chi connectivity index (χ0v) is 11.0. The zero-order chi connectivity index (χ0) is 13.2. The molecule has 0 N–H and O–H groups in total. The van der Waals surface area contributed by atoms with E-state index in [0.717, 1.165) is 18.4 Å². The molecule has 0 amide bonds. The number of aryl methyl sites for hydroxylation is 1. The van der Waals surface area contributed by atoms with E-state index in [2.05, 4.69) is 6.92 Å². The Labute approximate surface area is 108 Å². The number of hydrogen-bond acceptors (Lipinski definition) is 4. The van der Waals surface area contributed by atoms with Crippen molar-refractivity contribution in [1.29, 1.82) is 0 Å². The van der Waals surface area contributed by atoms with Gasteiger partial charge >= 0.3 is 5.97 Å². The van der Waals surface area contributed by atoms with Crippen LogP contribution in [0.15, 0.2) is 24.3 Å². The number of carbonyl (C=O) groups excluding carboxylic acids is 1. The standard InChI is InChI=1S/C14H20O4/c1-3-4-9-16-10-11-17-18-14(15)13-8-6-5-7-12(13)2/h5-8H,3-4,9-11H2,1-2H3. The molecule has 0 fully saturated rings. The largest absolute Gasteiger partial charge is 0.379 e. The lowest BCUT2D eigenvalue weighted by atomic mass is 10.1. The van der Waals surface area contributed by atoms with E-state index in [0.29, 0.717) is 18.8 Å². The first-order valence-corrected chi connectivity index (χ1v) is 6.23. The van der Waals surface area contributed by atoms with E-state index in [1.807, 2.05) is 19.1 Å². The first-order valence-electron chi connectivity index (χ1n) is 6.23. The van der Waals surface area contributed by atoms with Gasteiger partial charge in [0.1, 0.15) is 6.61 Å². The van der Waals surface area contributed by atoms with Crippen molar-refractivity contribution in [2.24, 2.45) is 0 Å². The molecule has 1 rings (SSSR count). The SMILES string of the molecule is CCCCOCCOOC(=O)c1ccccc1C. The molecule has 1 aromatic carbocycles. The van der Waals surface area contributed by atoms with Crippen molar-refractivity contribution >= 4 is 5.97 Å². The second-order valence-electron chi connectivity index (χ2n) is 3.97. The van der Waals surface area contributed by atoms with Gasteiger partial charge in [-0.15, -0.1) is 0 Å². The van der Waals surface area contributed by atoms with Crippen molar-refractivity contribution < 1.29 is 19.3 Å². The highest BCUT2D eigenvalue weighted by Crippen LogP contribution is 2.08. The molecule has 0 bridgehead atoms. The van der Waals surface area contributed by atoms with Crippen molar-refractivity contribution in [3.63, 3.8) is 0 Å². The number of hydrogen-bond donors (Lipinski definition) is 0.